The van der Waals surface area contributed by atoms with E-state index in [0.29, 0.717) is 24.4 Å². The lowest BCUT2D eigenvalue weighted by Crippen LogP contribution is -2.45. The van der Waals surface area contributed by atoms with Crippen molar-refractivity contribution in [2.75, 3.05) is 50.1 Å². The van der Waals surface area contributed by atoms with Crippen LogP contribution in [0.5, 0.6) is 0 Å². The number of carbonyl (C=O) groups excluding carboxylic acids is 2. The van der Waals surface area contributed by atoms with Gasteiger partial charge in [0.05, 0.1) is 0 Å². The Hall–Kier alpha value is -2.97. The molecule has 4 rings (SSSR count). The number of pyridine rings is 1. The molecule has 1 atom stereocenters. The first-order chi connectivity index (χ1) is 15.1. The van der Waals surface area contributed by atoms with Crippen molar-refractivity contribution in [3.63, 3.8) is 0 Å². The lowest BCUT2D eigenvalue weighted by molar-refractivity contribution is -0.124. The van der Waals surface area contributed by atoms with Gasteiger partial charge in [0, 0.05) is 62.3 Å². The minimum atomic E-state index is -0.406. The number of nitrogens with zero attached hydrogens (tertiary/aromatic N) is 3. The van der Waals surface area contributed by atoms with Crippen LogP contribution in [0.3, 0.4) is 0 Å². The first kappa shape index (κ1) is 21.3. The Balaban J connectivity index is 1.38. The zero-order valence-corrected chi connectivity index (χ0v) is 17.8. The summed E-state index contributed by atoms with van der Waals surface area (Å²) in [6.07, 6.45) is 3.01. The number of amides is 2. The highest BCUT2D eigenvalue weighted by atomic mass is 16.5. The largest absolute Gasteiger partial charge is 0.368 e. The molecule has 8 heteroatoms. The second-order valence-electron chi connectivity index (χ2n) is 8.03. The Morgan fingerprint density at radius 1 is 1.16 bits per heavy atom. The number of nitrogens with one attached hydrogen (secondary N) is 2. The summed E-state index contributed by atoms with van der Waals surface area (Å²) in [6, 6.07) is 10.9. The van der Waals surface area contributed by atoms with Crippen LogP contribution in [0.4, 0.5) is 11.5 Å². The van der Waals surface area contributed by atoms with Crippen LogP contribution in [0.1, 0.15) is 28.8 Å². The van der Waals surface area contributed by atoms with Gasteiger partial charge >= 0.3 is 0 Å². The number of benzene rings is 1. The van der Waals surface area contributed by atoms with E-state index in [1.807, 2.05) is 12.1 Å². The number of aromatic nitrogens is 1. The SMILES string of the molecule is CN1CCN(c2ncccc2CNC(=O)c2cccc(NC(=O)C3CCCO3)c2)CC1. The Morgan fingerprint density at radius 3 is 2.77 bits per heavy atom. The Kier molecular flexibility index (Phi) is 6.79. The predicted molar refractivity (Wildman–Crippen MR) is 119 cm³/mol. The summed E-state index contributed by atoms with van der Waals surface area (Å²) in [5.74, 6) is 0.567. The van der Waals surface area contributed by atoms with Gasteiger partial charge in [-0.3, -0.25) is 9.59 Å². The van der Waals surface area contributed by atoms with Gasteiger partial charge in [0.2, 0.25) is 0 Å². The molecule has 2 fully saturated rings. The molecule has 0 radical (unpaired) electrons. The maximum Gasteiger partial charge on any atom is 0.253 e. The van der Waals surface area contributed by atoms with Gasteiger partial charge in [-0.15, -0.1) is 0 Å². The summed E-state index contributed by atoms with van der Waals surface area (Å²) < 4.78 is 5.42. The van der Waals surface area contributed by atoms with Gasteiger partial charge < -0.3 is 25.2 Å². The number of hydrogen-bond acceptors (Lipinski definition) is 6. The van der Waals surface area contributed by atoms with E-state index in [9.17, 15) is 9.59 Å². The summed E-state index contributed by atoms with van der Waals surface area (Å²) in [4.78, 5) is 34.1. The van der Waals surface area contributed by atoms with Gasteiger partial charge in [-0.25, -0.2) is 4.98 Å². The molecule has 0 saturated carbocycles. The minimum absolute atomic E-state index is 0.165. The first-order valence-electron chi connectivity index (χ1n) is 10.8. The van der Waals surface area contributed by atoms with Crippen molar-refractivity contribution in [2.24, 2.45) is 0 Å². The number of ether oxygens (including phenoxy) is 1. The molecule has 0 bridgehead atoms. The van der Waals surface area contributed by atoms with Crippen LogP contribution in [0.25, 0.3) is 0 Å². The van der Waals surface area contributed by atoms with Crippen molar-refractivity contribution in [3.05, 3.63) is 53.7 Å². The Labute approximate surface area is 182 Å². The monoisotopic (exact) mass is 423 g/mol. The molecule has 2 aliphatic rings. The smallest absolute Gasteiger partial charge is 0.253 e. The number of piperazine rings is 1. The van der Waals surface area contributed by atoms with Crippen molar-refractivity contribution in [1.29, 1.82) is 0 Å². The number of carbonyl (C=O) groups is 2. The second kappa shape index (κ2) is 9.89. The third-order valence-corrected chi connectivity index (χ3v) is 5.72. The molecular weight excluding hydrogens is 394 g/mol. The molecule has 2 aliphatic heterocycles. The van der Waals surface area contributed by atoms with E-state index in [0.717, 1.165) is 50.4 Å². The van der Waals surface area contributed by atoms with E-state index in [2.05, 4.69) is 32.5 Å². The molecule has 1 unspecified atom stereocenters. The number of hydrogen-bond donors (Lipinski definition) is 2. The zero-order chi connectivity index (χ0) is 21.6. The molecule has 1 aromatic heterocycles. The maximum atomic E-state index is 12.8. The zero-order valence-electron chi connectivity index (χ0n) is 17.8. The third-order valence-electron chi connectivity index (χ3n) is 5.72. The van der Waals surface area contributed by atoms with Gasteiger partial charge in [-0.1, -0.05) is 12.1 Å². The van der Waals surface area contributed by atoms with E-state index < -0.39 is 6.10 Å². The van der Waals surface area contributed by atoms with E-state index in [1.54, 1.807) is 30.5 Å². The molecule has 2 aromatic rings. The van der Waals surface area contributed by atoms with Crippen LogP contribution >= 0.6 is 0 Å². The second-order valence-corrected chi connectivity index (χ2v) is 8.03. The average Bonchev–Trinajstić information content (AvgIpc) is 3.34. The lowest BCUT2D eigenvalue weighted by atomic mass is 10.1. The molecule has 31 heavy (non-hydrogen) atoms. The summed E-state index contributed by atoms with van der Waals surface area (Å²) in [5, 5.41) is 5.83. The fourth-order valence-corrected chi connectivity index (χ4v) is 3.89. The molecule has 3 heterocycles. The highest BCUT2D eigenvalue weighted by Gasteiger charge is 2.24. The maximum absolute atomic E-state index is 12.8. The van der Waals surface area contributed by atoms with E-state index in [4.69, 9.17) is 4.74 Å². The molecule has 2 amide bonds. The quantitative estimate of drug-likeness (QED) is 0.738. The molecular formula is C23H29N5O3. The standard InChI is InChI=1S/C23H29N5O3/c1-27-10-12-28(13-11-27)21-18(6-3-9-24-21)16-25-22(29)17-5-2-7-19(15-17)26-23(30)20-8-4-14-31-20/h2-3,5-7,9,15,20H,4,8,10-14,16H2,1H3,(H,25,29)(H,26,30). The third kappa shape index (κ3) is 5.39. The fraction of sp³-hybridized carbons (Fsp3) is 0.435. The molecule has 2 saturated heterocycles. The van der Waals surface area contributed by atoms with E-state index in [1.165, 1.54) is 0 Å². The molecule has 0 aliphatic carbocycles. The van der Waals surface area contributed by atoms with Gasteiger partial charge in [-0.2, -0.15) is 0 Å². The molecule has 8 nitrogen and oxygen atoms in total. The fourth-order valence-electron chi connectivity index (χ4n) is 3.89. The van der Waals surface area contributed by atoms with Crippen LogP contribution in [0, 0.1) is 0 Å². The number of likely N-dealkylation sites (N-methyl/N-ethyl adjacent to an activating group) is 1. The van der Waals surface area contributed by atoms with Crippen LogP contribution in [-0.4, -0.2) is 67.6 Å². The normalized spacial score (nSPS) is 19.3. The Morgan fingerprint density at radius 2 is 2.00 bits per heavy atom. The highest BCUT2D eigenvalue weighted by molar-refractivity contribution is 5.98. The van der Waals surface area contributed by atoms with Crippen molar-refractivity contribution in [2.45, 2.75) is 25.5 Å². The highest BCUT2D eigenvalue weighted by Crippen LogP contribution is 2.19. The number of anilines is 2. The summed E-state index contributed by atoms with van der Waals surface area (Å²) in [6.45, 7) is 4.83. The van der Waals surface area contributed by atoms with Gasteiger partial charge in [-0.05, 0) is 44.2 Å². The average molecular weight is 424 g/mol. The molecule has 2 N–H and O–H groups in total. The molecule has 0 spiro atoms. The van der Waals surface area contributed by atoms with Crippen LogP contribution < -0.4 is 15.5 Å². The van der Waals surface area contributed by atoms with Crippen molar-refractivity contribution in [1.82, 2.24) is 15.2 Å². The first-order valence-corrected chi connectivity index (χ1v) is 10.8. The summed E-state index contributed by atoms with van der Waals surface area (Å²) in [5.41, 5.74) is 2.08. The molecule has 164 valence electrons. The lowest BCUT2D eigenvalue weighted by Gasteiger charge is -2.34. The summed E-state index contributed by atoms with van der Waals surface area (Å²) >= 11 is 0. The van der Waals surface area contributed by atoms with Crippen molar-refractivity contribution >= 4 is 23.3 Å². The topological polar surface area (TPSA) is 86.8 Å². The number of rotatable bonds is 6. The van der Waals surface area contributed by atoms with Crippen LogP contribution in [-0.2, 0) is 16.1 Å². The van der Waals surface area contributed by atoms with Crippen molar-refractivity contribution < 1.29 is 14.3 Å². The van der Waals surface area contributed by atoms with E-state index in [-0.39, 0.29) is 11.8 Å². The summed E-state index contributed by atoms with van der Waals surface area (Å²) in [7, 11) is 2.12. The van der Waals surface area contributed by atoms with E-state index >= 15 is 0 Å². The van der Waals surface area contributed by atoms with Crippen LogP contribution in [0.15, 0.2) is 42.6 Å². The van der Waals surface area contributed by atoms with Gasteiger partial charge in [0.15, 0.2) is 0 Å². The van der Waals surface area contributed by atoms with Crippen LogP contribution in [0.2, 0.25) is 0 Å². The van der Waals surface area contributed by atoms with Crippen molar-refractivity contribution in [3.8, 4) is 0 Å². The predicted octanol–water partition coefficient (Wildman–Crippen LogP) is 1.88. The molecule has 1 aromatic carbocycles. The minimum Gasteiger partial charge on any atom is -0.368 e. The van der Waals surface area contributed by atoms with Gasteiger partial charge in [0.1, 0.15) is 11.9 Å². The Bertz CT molecular complexity index is 921. The van der Waals surface area contributed by atoms with Gasteiger partial charge in [0.25, 0.3) is 11.8 Å².